The van der Waals surface area contributed by atoms with Gasteiger partial charge in [0.15, 0.2) is 0 Å². The Labute approximate surface area is 85.9 Å². The molecule has 0 bridgehead atoms. The second-order valence-electron chi connectivity index (χ2n) is 2.80. The van der Waals surface area contributed by atoms with Gasteiger partial charge in [0.2, 0.25) is 0 Å². The zero-order valence-electron chi connectivity index (χ0n) is 7.29. The van der Waals surface area contributed by atoms with Gasteiger partial charge in [-0.15, -0.1) is 0 Å². The maximum atomic E-state index is 9.07. The van der Waals surface area contributed by atoms with Gasteiger partial charge in [0.1, 0.15) is 0 Å². The summed E-state index contributed by atoms with van der Waals surface area (Å²) in [5.41, 5.74) is 0.921. The van der Waals surface area contributed by atoms with Gasteiger partial charge in [-0.25, -0.2) is 0 Å². The molecule has 1 rings (SSSR count). The van der Waals surface area contributed by atoms with Crippen molar-refractivity contribution in [2.45, 2.75) is 32.9 Å². The molecule has 0 spiro atoms. The molecule has 68 valence electrons. The van der Waals surface area contributed by atoms with E-state index in [1.54, 1.807) is 6.20 Å². The van der Waals surface area contributed by atoms with E-state index >= 15 is 0 Å². The van der Waals surface area contributed by atoms with Crippen molar-refractivity contribution in [3.05, 3.63) is 15.5 Å². The van der Waals surface area contributed by atoms with Gasteiger partial charge < -0.3 is 5.11 Å². The van der Waals surface area contributed by atoms with Crippen molar-refractivity contribution in [1.82, 2.24) is 9.78 Å². The van der Waals surface area contributed by atoms with Crippen LogP contribution >= 0.6 is 22.6 Å². The second-order valence-corrected chi connectivity index (χ2v) is 3.96. The van der Waals surface area contributed by atoms with E-state index in [4.69, 9.17) is 5.11 Å². The summed E-state index contributed by atoms with van der Waals surface area (Å²) in [7, 11) is 0. The van der Waals surface area contributed by atoms with E-state index in [0.29, 0.717) is 6.04 Å². The topological polar surface area (TPSA) is 38.0 Å². The highest BCUT2D eigenvalue weighted by Gasteiger charge is 2.11. The lowest BCUT2D eigenvalue weighted by Gasteiger charge is -2.12. The monoisotopic (exact) mass is 280 g/mol. The highest BCUT2D eigenvalue weighted by Crippen LogP contribution is 2.17. The lowest BCUT2D eigenvalue weighted by Crippen LogP contribution is -2.10. The van der Waals surface area contributed by atoms with Crippen LogP contribution in [0.4, 0.5) is 0 Å². The molecule has 0 aliphatic rings. The molecule has 0 aromatic carbocycles. The second kappa shape index (κ2) is 4.23. The zero-order valence-corrected chi connectivity index (χ0v) is 9.45. The van der Waals surface area contributed by atoms with E-state index in [1.165, 1.54) is 0 Å². The van der Waals surface area contributed by atoms with Crippen molar-refractivity contribution in [3.8, 4) is 0 Å². The predicted molar refractivity (Wildman–Crippen MR) is 55.9 cm³/mol. The Hall–Kier alpha value is -0.100. The highest BCUT2D eigenvalue weighted by molar-refractivity contribution is 14.1. The fourth-order valence-corrected chi connectivity index (χ4v) is 1.61. The molecule has 12 heavy (non-hydrogen) atoms. The third kappa shape index (κ3) is 1.80. The summed E-state index contributed by atoms with van der Waals surface area (Å²) in [4.78, 5) is 0. The molecule has 1 heterocycles. The van der Waals surface area contributed by atoms with Crippen LogP contribution in [0.2, 0.25) is 0 Å². The van der Waals surface area contributed by atoms with Gasteiger partial charge in [-0.2, -0.15) is 5.10 Å². The smallest absolute Gasteiger partial charge is 0.0860 e. The van der Waals surface area contributed by atoms with Crippen LogP contribution in [0.5, 0.6) is 0 Å². The van der Waals surface area contributed by atoms with Crippen LogP contribution in [0.25, 0.3) is 0 Å². The van der Waals surface area contributed by atoms with Crippen LogP contribution in [0.3, 0.4) is 0 Å². The largest absolute Gasteiger partial charge is 0.390 e. The predicted octanol–water partition coefficient (Wildman–Crippen LogP) is 1.95. The van der Waals surface area contributed by atoms with E-state index in [2.05, 4.69) is 41.5 Å². The Bertz CT molecular complexity index is 260. The minimum Gasteiger partial charge on any atom is -0.390 e. The molecular weight excluding hydrogens is 267 g/mol. The molecule has 0 aliphatic heterocycles. The van der Waals surface area contributed by atoms with Gasteiger partial charge >= 0.3 is 0 Å². The van der Waals surface area contributed by atoms with Crippen LogP contribution in [-0.2, 0) is 6.61 Å². The molecule has 1 unspecified atom stereocenters. The highest BCUT2D eigenvalue weighted by atomic mass is 127. The first kappa shape index (κ1) is 9.98. The third-order valence-corrected chi connectivity index (χ3v) is 2.91. The molecule has 1 aromatic rings. The van der Waals surface area contributed by atoms with Crippen molar-refractivity contribution >= 4 is 22.6 Å². The van der Waals surface area contributed by atoms with Crippen LogP contribution in [0, 0.1) is 3.57 Å². The number of hydrogen-bond acceptors (Lipinski definition) is 2. The molecule has 0 amide bonds. The van der Waals surface area contributed by atoms with Crippen molar-refractivity contribution < 1.29 is 5.11 Å². The summed E-state index contributed by atoms with van der Waals surface area (Å²) in [6, 6.07) is 0.371. The molecule has 4 heteroatoms. The molecule has 3 nitrogen and oxygen atoms in total. The minimum absolute atomic E-state index is 0.0720. The lowest BCUT2D eigenvalue weighted by molar-refractivity contribution is 0.261. The standard InChI is InChI=1S/C8H13IN2O/c1-3-6(2)11-8(5-12)7(9)4-10-11/h4,6,12H,3,5H2,1-2H3. The Kier molecular flexibility index (Phi) is 3.52. The Morgan fingerprint density at radius 1 is 1.75 bits per heavy atom. The molecule has 1 atom stereocenters. The fourth-order valence-electron chi connectivity index (χ4n) is 1.07. The summed E-state index contributed by atoms with van der Waals surface area (Å²) in [6.45, 7) is 4.28. The molecular formula is C8H13IN2O. The molecule has 0 saturated carbocycles. The summed E-state index contributed by atoms with van der Waals surface area (Å²) in [6.07, 6.45) is 2.82. The van der Waals surface area contributed by atoms with Gasteiger partial charge in [-0.1, -0.05) is 6.92 Å². The van der Waals surface area contributed by atoms with Crippen LogP contribution in [0.1, 0.15) is 32.0 Å². The van der Waals surface area contributed by atoms with Gasteiger partial charge in [-0.05, 0) is 35.9 Å². The number of rotatable bonds is 3. The summed E-state index contributed by atoms with van der Waals surface area (Å²) < 4.78 is 2.93. The van der Waals surface area contributed by atoms with Gasteiger partial charge in [0.25, 0.3) is 0 Å². The Morgan fingerprint density at radius 3 is 2.92 bits per heavy atom. The third-order valence-electron chi connectivity index (χ3n) is 2.01. The van der Waals surface area contributed by atoms with Crippen LogP contribution in [0.15, 0.2) is 6.20 Å². The van der Waals surface area contributed by atoms with Crippen molar-refractivity contribution in [1.29, 1.82) is 0 Å². The maximum Gasteiger partial charge on any atom is 0.0860 e. The first-order chi connectivity index (χ1) is 5.70. The minimum atomic E-state index is 0.0720. The van der Waals surface area contributed by atoms with Crippen LogP contribution < -0.4 is 0 Å². The normalized spacial score (nSPS) is 13.3. The summed E-state index contributed by atoms with van der Waals surface area (Å²) in [5.74, 6) is 0. The van der Waals surface area contributed by atoms with E-state index in [1.807, 2.05) is 4.68 Å². The number of hydrogen-bond donors (Lipinski definition) is 1. The average Bonchev–Trinajstić information content (AvgIpc) is 2.45. The quantitative estimate of drug-likeness (QED) is 0.859. The first-order valence-corrected chi connectivity index (χ1v) is 5.11. The van der Waals surface area contributed by atoms with Crippen molar-refractivity contribution in [2.24, 2.45) is 0 Å². The molecule has 0 fully saturated rings. The van der Waals surface area contributed by atoms with Crippen molar-refractivity contribution in [3.63, 3.8) is 0 Å². The first-order valence-electron chi connectivity index (χ1n) is 4.03. The summed E-state index contributed by atoms with van der Waals surface area (Å²) >= 11 is 2.19. The number of aliphatic hydroxyl groups excluding tert-OH is 1. The molecule has 0 saturated heterocycles. The van der Waals surface area contributed by atoms with Gasteiger partial charge in [-0.3, -0.25) is 4.68 Å². The fraction of sp³-hybridized carbons (Fsp3) is 0.625. The average molecular weight is 280 g/mol. The van der Waals surface area contributed by atoms with Crippen LogP contribution in [-0.4, -0.2) is 14.9 Å². The number of nitrogens with zero attached hydrogens (tertiary/aromatic N) is 2. The lowest BCUT2D eigenvalue weighted by atomic mass is 10.2. The number of aliphatic hydroxyl groups is 1. The molecule has 1 aromatic heterocycles. The van der Waals surface area contributed by atoms with Crippen molar-refractivity contribution in [2.75, 3.05) is 0 Å². The zero-order chi connectivity index (χ0) is 9.14. The van der Waals surface area contributed by atoms with E-state index in [9.17, 15) is 0 Å². The van der Waals surface area contributed by atoms with Gasteiger partial charge in [0, 0.05) is 6.04 Å². The summed E-state index contributed by atoms with van der Waals surface area (Å²) in [5, 5.41) is 13.3. The Morgan fingerprint density at radius 2 is 2.42 bits per heavy atom. The number of halogens is 1. The Balaban J connectivity index is 2.98. The molecule has 0 radical (unpaired) electrons. The number of aromatic nitrogens is 2. The van der Waals surface area contributed by atoms with E-state index in [0.717, 1.165) is 15.7 Å². The van der Waals surface area contributed by atoms with E-state index in [-0.39, 0.29) is 6.61 Å². The molecule has 0 aliphatic carbocycles. The maximum absolute atomic E-state index is 9.07. The van der Waals surface area contributed by atoms with E-state index < -0.39 is 0 Å². The van der Waals surface area contributed by atoms with Gasteiger partial charge in [0.05, 0.1) is 22.1 Å². The SMILES string of the molecule is CCC(C)n1ncc(I)c1CO. The molecule has 1 N–H and O–H groups in total.